The van der Waals surface area contributed by atoms with E-state index in [1.165, 1.54) is 0 Å². The van der Waals surface area contributed by atoms with Gasteiger partial charge in [-0.1, -0.05) is 6.07 Å². The first kappa shape index (κ1) is 12.9. The fourth-order valence-electron chi connectivity index (χ4n) is 1.41. The lowest BCUT2D eigenvalue weighted by Crippen LogP contribution is -2.29. The molecule has 0 saturated carbocycles. The summed E-state index contributed by atoms with van der Waals surface area (Å²) in [6, 6.07) is 3.69. The van der Waals surface area contributed by atoms with E-state index in [9.17, 15) is 0 Å². The van der Waals surface area contributed by atoms with Gasteiger partial charge in [-0.15, -0.1) is 0 Å². The number of aliphatic hydroxyl groups is 2. The zero-order valence-corrected chi connectivity index (χ0v) is 9.13. The maximum atomic E-state index is 8.86. The quantitative estimate of drug-likeness (QED) is 0.357. The Morgan fingerprint density at radius 2 is 1.94 bits per heavy atom. The molecule has 0 radical (unpaired) electrons. The highest BCUT2D eigenvalue weighted by Crippen LogP contribution is 2.06. The molecular formula is C10H18N4O2. The van der Waals surface area contributed by atoms with Crippen molar-refractivity contribution in [2.24, 2.45) is 5.84 Å². The third kappa shape index (κ3) is 4.11. The van der Waals surface area contributed by atoms with Crippen LogP contribution in [0, 0.1) is 0 Å². The molecule has 1 aromatic heterocycles. The van der Waals surface area contributed by atoms with E-state index in [-0.39, 0.29) is 13.2 Å². The van der Waals surface area contributed by atoms with Crippen LogP contribution >= 0.6 is 0 Å². The highest BCUT2D eigenvalue weighted by molar-refractivity contribution is 5.33. The zero-order chi connectivity index (χ0) is 11.8. The number of anilines is 1. The molecule has 0 saturated heterocycles. The molecule has 90 valence electrons. The molecule has 1 rings (SSSR count). The van der Waals surface area contributed by atoms with E-state index < -0.39 is 0 Å². The third-order valence-electron chi connectivity index (χ3n) is 2.21. The lowest BCUT2D eigenvalue weighted by molar-refractivity contribution is 0.156. The number of pyridine rings is 1. The van der Waals surface area contributed by atoms with Crippen LogP contribution in [0.25, 0.3) is 0 Å². The highest BCUT2D eigenvalue weighted by atomic mass is 16.3. The molecule has 0 amide bonds. The summed E-state index contributed by atoms with van der Waals surface area (Å²) >= 11 is 0. The summed E-state index contributed by atoms with van der Waals surface area (Å²) in [6.07, 6.45) is 1.72. The number of hydrogen-bond donors (Lipinski definition) is 4. The number of rotatable bonds is 7. The molecule has 0 unspecified atom stereocenters. The molecule has 0 aromatic carbocycles. The molecule has 0 bridgehead atoms. The average Bonchev–Trinajstić information content (AvgIpc) is 2.31. The smallest absolute Gasteiger partial charge is 0.139 e. The Morgan fingerprint density at radius 3 is 2.38 bits per heavy atom. The molecule has 6 heteroatoms. The molecule has 0 aliphatic rings. The molecule has 0 atom stereocenters. The van der Waals surface area contributed by atoms with Crippen LogP contribution in [0.4, 0.5) is 5.82 Å². The summed E-state index contributed by atoms with van der Waals surface area (Å²) in [5.74, 6) is 5.82. The van der Waals surface area contributed by atoms with Gasteiger partial charge in [0, 0.05) is 25.8 Å². The first-order valence-electron chi connectivity index (χ1n) is 5.15. The summed E-state index contributed by atoms with van der Waals surface area (Å²) in [5, 5.41) is 17.7. The Hall–Kier alpha value is -1.21. The molecule has 0 spiro atoms. The topological polar surface area (TPSA) is 94.6 Å². The summed E-state index contributed by atoms with van der Waals surface area (Å²) in [5.41, 5.74) is 3.47. The van der Waals surface area contributed by atoms with Crippen LogP contribution < -0.4 is 11.3 Å². The Morgan fingerprint density at radius 1 is 1.25 bits per heavy atom. The summed E-state index contributed by atoms with van der Waals surface area (Å²) < 4.78 is 0. The van der Waals surface area contributed by atoms with Gasteiger partial charge in [0.15, 0.2) is 0 Å². The Kier molecular flexibility index (Phi) is 5.73. The molecule has 0 aliphatic carbocycles. The maximum absolute atomic E-state index is 8.86. The number of hydrazine groups is 1. The number of nitrogens with two attached hydrogens (primary N) is 1. The lowest BCUT2D eigenvalue weighted by atomic mass is 10.2. The predicted molar refractivity (Wildman–Crippen MR) is 61.5 cm³/mol. The van der Waals surface area contributed by atoms with Crippen molar-refractivity contribution in [2.45, 2.75) is 6.54 Å². The van der Waals surface area contributed by atoms with Crippen molar-refractivity contribution in [1.82, 2.24) is 9.88 Å². The second-order valence-corrected chi connectivity index (χ2v) is 3.42. The van der Waals surface area contributed by atoms with Crippen molar-refractivity contribution in [2.75, 3.05) is 31.7 Å². The van der Waals surface area contributed by atoms with E-state index in [2.05, 4.69) is 10.4 Å². The Balaban J connectivity index is 2.54. The van der Waals surface area contributed by atoms with E-state index in [1.807, 2.05) is 11.0 Å². The van der Waals surface area contributed by atoms with E-state index in [4.69, 9.17) is 16.1 Å². The van der Waals surface area contributed by atoms with Gasteiger partial charge >= 0.3 is 0 Å². The molecule has 1 heterocycles. The number of nitrogens with zero attached hydrogens (tertiary/aromatic N) is 2. The number of aromatic nitrogens is 1. The zero-order valence-electron chi connectivity index (χ0n) is 9.13. The van der Waals surface area contributed by atoms with Gasteiger partial charge in [0.1, 0.15) is 5.82 Å². The van der Waals surface area contributed by atoms with Crippen LogP contribution in [0.15, 0.2) is 18.3 Å². The van der Waals surface area contributed by atoms with E-state index in [1.54, 1.807) is 12.3 Å². The number of hydrogen-bond acceptors (Lipinski definition) is 6. The summed E-state index contributed by atoms with van der Waals surface area (Å²) in [4.78, 5) is 6.03. The van der Waals surface area contributed by atoms with E-state index in [0.717, 1.165) is 5.56 Å². The van der Waals surface area contributed by atoms with Crippen molar-refractivity contribution in [3.63, 3.8) is 0 Å². The van der Waals surface area contributed by atoms with Crippen LogP contribution in [0.1, 0.15) is 5.56 Å². The van der Waals surface area contributed by atoms with Crippen LogP contribution in [0.5, 0.6) is 0 Å². The molecule has 0 aliphatic heterocycles. The fourth-order valence-corrected chi connectivity index (χ4v) is 1.41. The normalized spacial score (nSPS) is 10.8. The Labute approximate surface area is 94.7 Å². The van der Waals surface area contributed by atoms with Crippen molar-refractivity contribution >= 4 is 5.82 Å². The predicted octanol–water partition coefficient (Wildman–Crippen LogP) is -0.846. The number of aliphatic hydroxyl groups excluding tert-OH is 2. The first-order valence-corrected chi connectivity index (χ1v) is 5.15. The van der Waals surface area contributed by atoms with Crippen LogP contribution in [-0.2, 0) is 6.54 Å². The molecule has 0 fully saturated rings. The second kappa shape index (κ2) is 7.13. The maximum Gasteiger partial charge on any atom is 0.139 e. The van der Waals surface area contributed by atoms with Crippen molar-refractivity contribution in [3.8, 4) is 0 Å². The molecule has 1 aromatic rings. The van der Waals surface area contributed by atoms with Gasteiger partial charge in [-0.05, 0) is 11.6 Å². The summed E-state index contributed by atoms with van der Waals surface area (Å²) in [6.45, 7) is 1.89. The van der Waals surface area contributed by atoms with Crippen LogP contribution in [-0.4, -0.2) is 46.4 Å². The average molecular weight is 226 g/mol. The van der Waals surface area contributed by atoms with Gasteiger partial charge in [-0.2, -0.15) is 0 Å². The fraction of sp³-hybridized carbons (Fsp3) is 0.500. The first-order chi connectivity index (χ1) is 7.80. The summed E-state index contributed by atoms with van der Waals surface area (Å²) in [7, 11) is 0. The SMILES string of the molecule is NNc1ccc(CN(CCO)CCO)cn1. The molecular weight excluding hydrogens is 208 g/mol. The van der Waals surface area contributed by atoms with Gasteiger partial charge in [-0.25, -0.2) is 10.8 Å². The minimum Gasteiger partial charge on any atom is -0.395 e. The largest absolute Gasteiger partial charge is 0.395 e. The Bertz CT molecular complexity index is 285. The second-order valence-electron chi connectivity index (χ2n) is 3.42. The molecule has 6 nitrogen and oxygen atoms in total. The van der Waals surface area contributed by atoms with Crippen molar-refractivity contribution < 1.29 is 10.2 Å². The minimum absolute atomic E-state index is 0.0792. The van der Waals surface area contributed by atoms with Gasteiger partial charge in [-0.3, -0.25) is 4.90 Å². The van der Waals surface area contributed by atoms with E-state index in [0.29, 0.717) is 25.5 Å². The minimum atomic E-state index is 0.0792. The highest BCUT2D eigenvalue weighted by Gasteiger charge is 2.04. The van der Waals surface area contributed by atoms with Gasteiger partial charge < -0.3 is 15.6 Å². The third-order valence-corrected chi connectivity index (χ3v) is 2.21. The van der Waals surface area contributed by atoms with Crippen LogP contribution in [0.2, 0.25) is 0 Å². The lowest BCUT2D eigenvalue weighted by Gasteiger charge is -2.19. The van der Waals surface area contributed by atoms with Crippen molar-refractivity contribution in [1.29, 1.82) is 0 Å². The molecule has 16 heavy (non-hydrogen) atoms. The van der Waals surface area contributed by atoms with E-state index >= 15 is 0 Å². The number of nitrogens with one attached hydrogen (secondary N) is 1. The van der Waals surface area contributed by atoms with Gasteiger partial charge in [0.05, 0.1) is 13.2 Å². The van der Waals surface area contributed by atoms with Gasteiger partial charge in [0.25, 0.3) is 0 Å². The standard InChI is InChI=1S/C10H18N4O2/c11-13-10-2-1-9(7-12-10)8-14(3-5-15)4-6-16/h1-2,7,15-16H,3-6,8,11H2,(H,12,13). The van der Waals surface area contributed by atoms with Crippen LogP contribution in [0.3, 0.4) is 0 Å². The monoisotopic (exact) mass is 226 g/mol. The number of nitrogen functional groups attached to an aromatic ring is 1. The van der Waals surface area contributed by atoms with Crippen molar-refractivity contribution in [3.05, 3.63) is 23.9 Å². The van der Waals surface area contributed by atoms with Gasteiger partial charge in [0.2, 0.25) is 0 Å². The molecule has 5 N–H and O–H groups in total.